The Morgan fingerprint density at radius 2 is 2.05 bits per heavy atom. The van der Waals surface area contributed by atoms with Gasteiger partial charge in [0.25, 0.3) is 0 Å². The minimum absolute atomic E-state index is 0.396. The zero-order valence-electron chi connectivity index (χ0n) is 12.8. The van der Waals surface area contributed by atoms with E-state index >= 15 is 0 Å². The van der Waals surface area contributed by atoms with Gasteiger partial charge in [0.05, 0.1) is 11.8 Å². The first-order valence-corrected chi connectivity index (χ1v) is 7.63. The largest absolute Gasteiger partial charge is 0.381 e. The highest BCUT2D eigenvalue weighted by atomic mass is 16.5. The Labute approximate surface area is 126 Å². The zero-order valence-corrected chi connectivity index (χ0v) is 12.8. The van der Waals surface area contributed by atoms with Crippen LogP contribution in [0.15, 0.2) is 30.3 Å². The molecular formula is C17H23N3O. The van der Waals surface area contributed by atoms with Gasteiger partial charge in [-0.2, -0.15) is 0 Å². The molecule has 1 aromatic carbocycles. The highest BCUT2D eigenvalue weighted by molar-refractivity contribution is 5.92. The molecule has 0 atom stereocenters. The van der Waals surface area contributed by atoms with Crippen molar-refractivity contribution in [2.24, 2.45) is 0 Å². The molecule has 0 spiro atoms. The average molecular weight is 285 g/mol. The van der Waals surface area contributed by atoms with Crippen molar-refractivity contribution in [3.63, 3.8) is 0 Å². The maximum Gasteiger partial charge on any atom is 0.136 e. The predicted molar refractivity (Wildman–Crippen MR) is 86.8 cm³/mol. The number of piperidine rings is 1. The molecule has 0 saturated carbocycles. The molecule has 1 aliphatic rings. The molecule has 0 bridgehead atoms. The van der Waals surface area contributed by atoms with Crippen molar-refractivity contribution >= 4 is 16.6 Å². The van der Waals surface area contributed by atoms with Crippen LogP contribution >= 0.6 is 0 Å². The first-order chi connectivity index (χ1) is 10.3. The summed E-state index contributed by atoms with van der Waals surface area (Å²) in [6.07, 6.45) is 2.54. The van der Waals surface area contributed by atoms with Crippen LogP contribution in [-0.4, -0.2) is 38.3 Å². The normalized spacial score (nSPS) is 16.6. The van der Waals surface area contributed by atoms with Crippen molar-refractivity contribution in [1.82, 2.24) is 10.3 Å². The highest BCUT2D eigenvalue weighted by Gasteiger charge is 2.21. The second-order valence-electron chi connectivity index (χ2n) is 5.61. The van der Waals surface area contributed by atoms with Gasteiger partial charge in [-0.25, -0.2) is 4.98 Å². The molecule has 1 aliphatic heterocycles. The Morgan fingerprint density at radius 1 is 1.29 bits per heavy atom. The SMILES string of the molecule is CNCc1cc2ccccc2c(N2CCC(OC)CC2)n1. The molecule has 112 valence electrons. The lowest BCUT2D eigenvalue weighted by Crippen LogP contribution is -2.37. The first kappa shape index (κ1) is 14.3. The Bertz CT molecular complexity index is 606. The number of ether oxygens (including phenoxy) is 1. The minimum Gasteiger partial charge on any atom is -0.381 e. The molecule has 4 nitrogen and oxygen atoms in total. The van der Waals surface area contributed by atoms with E-state index in [0.29, 0.717) is 6.10 Å². The Hall–Kier alpha value is -1.65. The lowest BCUT2D eigenvalue weighted by Gasteiger charge is -2.33. The number of hydrogen-bond donors (Lipinski definition) is 1. The van der Waals surface area contributed by atoms with Gasteiger partial charge in [0, 0.05) is 32.1 Å². The monoisotopic (exact) mass is 285 g/mol. The van der Waals surface area contributed by atoms with Gasteiger partial charge in [0.1, 0.15) is 5.82 Å². The van der Waals surface area contributed by atoms with Gasteiger partial charge < -0.3 is 15.0 Å². The van der Waals surface area contributed by atoms with E-state index in [1.165, 1.54) is 10.8 Å². The molecule has 0 radical (unpaired) electrons. The molecule has 4 heteroatoms. The summed E-state index contributed by atoms with van der Waals surface area (Å²) in [5.74, 6) is 1.12. The molecule has 0 unspecified atom stereocenters. The van der Waals surface area contributed by atoms with Crippen LogP contribution in [0.1, 0.15) is 18.5 Å². The summed E-state index contributed by atoms with van der Waals surface area (Å²) in [4.78, 5) is 7.29. The number of fused-ring (bicyclic) bond motifs is 1. The zero-order chi connectivity index (χ0) is 14.7. The van der Waals surface area contributed by atoms with Crippen molar-refractivity contribution in [3.8, 4) is 0 Å². The number of nitrogens with one attached hydrogen (secondary N) is 1. The summed E-state index contributed by atoms with van der Waals surface area (Å²) < 4.78 is 5.47. The molecule has 1 fully saturated rings. The number of aromatic nitrogens is 1. The first-order valence-electron chi connectivity index (χ1n) is 7.63. The summed E-state index contributed by atoms with van der Waals surface area (Å²) >= 11 is 0. The van der Waals surface area contributed by atoms with Crippen LogP contribution in [0.5, 0.6) is 0 Å². The Kier molecular flexibility index (Phi) is 4.36. The van der Waals surface area contributed by atoms with Crippen molar-refractivity contribution < 1.29 is 4.74 Å². The summed E-state index contributed by atoms with van der Waals surface area (Å²) in [5, 5.41) is 5.70. The maximum absolute atomic E-state index is 5.47. The fourth-order valence-corrected chi connectivity index (χ4v) is 3.05. The third kappa shape index (κ3) is 3.01. The molecule has 1 saturated heterocycles. The molecule has 1 aromatic heterocycles. The molecule has 0 amide bonds. The Balaban J connectivity index is 1.96. The van der Waals surface area contributed by atoms with Crippen LogP contribution in [0, 0.1) is 0 Å². The van der Waals surface area contributed by atoms with Gasteiger partial charge in [-0.05, 0) is 31.3 Å². The van der Waals surface area contributed by atoms with E-state index in [-0.39, 0.29) is 0 Å². The van der Waals surface area contributed by atoms with Crippen LogP contribution in [0.25, 0.3) is 10.8 Å². The van der Waals surface area contributed by atoms with Crippen molar-refractivity contribution in [2.45, 2.75) is 25.5 Å². The summed E-state index contributed by atoms with van der Waals surface area (Å²) in [5.41, 5.74) is 1.10. The standard InChI is InChI=1S/C17H23N3O/c1-18-12-14-11-13-5-3-4-6-16(13)17(19-14)20-9-7-15(21-2)8-10-20/h3-6,11,15,18H,7-10,12H2,1-2H3. The maximum atomic E-state index is 5.47. The second-order valence-corrected chi connectivity index (χ2v) is 5.61. The lowest BCUT2D eigenvalue weighted by molar-refractivity contribution is 0.0818. The number of benzene rings is 1. The molecule has 2 aromatic rings. The fraction of sp³-hybridized carbons (Fsp3) is 0.471. The molecule has 0 aliphatic carbocycles. The predicted octanol–water partition coefficient (Wildman–Crippen LogP) is 2.57. The van der Waals surface area contributed by atoms with Crippen molar-refractivity contribution in [2.75, 3.05) is 32.1 Å². The second kappa shape index (κ2) is 6.41. The van der Waals surface area contributed by atoms with E-state index < -0.39 is 0 Å². The van der Waals surface area contributed by atoms with Crippen LogP contribution in [0.3, 0.4) is 0 Å². The van der Waals surface area contributed by atoms with Gasteiger partial charge in [-0.3, -0.25) is 0 Å². The van der Waals surface area contributed by atoms with Gasteiger partial charge in [-0.1, -0.05) is 24.3 Å². The van der Waals surface area contributed by atoms with Crippen molar-refractivity contribution in [3.05, 3.63) is 36.0 Å². The van der Waals surface area contributed by atoms with Crippen LogP contribution < -0.4 is 10.2 Å². The average Bonchev–Trinajstić information content (AvgIpc) is 2.54. The minimum atomic E-state index is 0.396. The summed E-state index contributed by atoms with van der Waals surface area (Å²) in [7, 11) is 3.77. The smallest absolute Gasteiger partial charge is 0.136 e. The number of anilines is 1. The fourth-order valence-electron chi connectivity index (χ4n) is 3.05. The third-order valence-corrected chi connectivity index (χ3v) is 4.21. The van der Waals surface area contributed by atoms with E-state index in [0.717, 1.165) is 44.0 Å². The number of pyridine rings is 1. The topological polar surface area (TPSA) is 37.4 Å². The molecule has 21 heavy (non-hydrogen) atoms. The van der Waals surface area contributed by atoms with Gasteiger partial charge in [-0.15, -0.1) is 0 Å². The summed E-state index contributed by atoms with van der Waals surface area (Å²) in [6, 6.07) is 10.7. The molecular weight excluding hydrogens is 262 g/mol. The quantitative estimate of drug-likeness (QED) is 0.937. The van der Waals surface area contributed by atoms with Gasteiger partial charge in [0.2, 0.25) is 0 Å². The Morgan fingerprint density at radius 3 is 2.76 bits per heavy atom. The van der Waals surface area contributed by atoms with Crippen LogP contribution in [0.4, 0.5) is 5.82 Å². The molecule has 2 heterocycles. The molecule has 1 N–H and O–H groups in total. The van der Waals surface area contributed by atoms with Crippen LogP contribution in [0.2, 0.25) is 0 Å². The molecule has 3 rings (SSSR count). The number of hydrogen-bond acceptors (Lipinski definition) is 4. The summed E-state index contributed by atoms with van der Waals surface area (Å²) in [6.45, 7) is 2.82. The van der Waals surface area contributed by atoms with E-state index in [2.05, 4.69) is 40.5 Å². The van der Waals surface area contributed by atoms with Crippen LogP contribution in [-0.2, 0) is 11.3 Å². The van der Waals surface area contributed by atoms with E-state index in [1.807, 2.05) is 14.2 Å². The third-order valence-electron chi connectivity index (χ3n) is 4.21. The van der Waals surface area contributed by atoms with E-state index in [9.17, 15) is 0 Å². The van der Waals surface area contributed by atoms with E-state index in [1.54, 1.807) is 0 Å². The van der Waals surface area contributed by atoms with E-state index in [4.69, 9.17) is 9.72 Å². The van der Waals surface area contributed by atoms with Gasteiger partial charge in [0.15, 0.2) is 0 Å². The van der Waals surface area contributed by atoms with Crippen molar-refractivity contribution in [1.29, 1.82) is 0 Å². The number of methoxy groups -OCH3 is 1. The highest BCUT2D eigenvalue weighted by Crippen LogP contribution is 2.28. The number of nitrogens with zero attached hydrogens (tertiary/aromatic N) is 2. The lowest BCUT2D eigenvalue weighted by atomic mass is 10.1. The number of rotatable bonds is 4. The van der Waals surface area contributed by atoms with Gasteiger partial charge >= 0.3 is 0 Å².